The lowest BCUT2D eigenvalue weighted by Gasteiger charge is -2.22. The van der Waals surface area contributed by atoms with Crippen LogP contribution < -0.4 is 10.2 Å². The Labute approximate surface area is 127 Å². The number of nitrogens with one attached hydrogen (secondary N) is 1. The smallest absolute Gasteiger partial charge is 0.185 e. The number of anilines is 1. The highest BCUT2D eigenvalue weighted by Gasteiger charge is 2.25. The Balaban J connectivity index is 2.15. The van der Waals surface area contributed by atoms with Crippen LogP contribution in [-0.4, -0.2) is 24.6 Å². The first kappa shape index (κ1) is 15.8. The number of aryl methyl sites for hydroxylation is 1. The van der Waals surface area contributed by atoms with Crippen LogP contribution in [0.5, 0.6) is 0 Å². The van der Waals surface area contributed by atoms with Gasteiger partial charge in [0.25, 0.3) is 0 Å². The molecular formula is C16H29N3S. The predicted octanol–water partition coefficient (Wildman–Crippen LogP) is 4.00. The standard InChI is InChI=1S/C16H29N3S/c1-5-10-17-13-8-7-9-14-15(13)20-16(18-14)19(6-2)11-12(3)4/h12-13,17H,5-11H2,1-4H3. The Kier molecular flexibility index (Phi) is 5.85. The summed E-state index contributed by atoms with van der Waals surface area (Å²) in [7, 11) is 0. The summed E-state index contributed by atoms with van der Waals surface area (Å²) in [5.74, 6) is 0.685. The van der Waals surface area contributed by atoms with Gasteiger partial charge in [0, 0.05) is 24.0 Å². The van der Waals surface area contributed by atoms with Gasteiger partial charge in [-0.1, -0.05) is 32.1 Å². The molecule has 1 aliphatic rings. The second-order valence-corrected chi connectivity index (χ2v) is 7.15. The summed E-state index contributed by atoms with van der Waals surface area (Å²) in [6.07, 6.45) is 4.90. The van der Waals surface area contributed by atoms with Crippen LogP contribution in [0.3, 0.4) is 0 Å². The third kappa shape index (κ3) is 3.73. The minimum atomic E-state index is 0.544. The first-order valence-electron chi connectivity index (χ1n) is 8.13. The maximum atomic E-state index is 4.94. The molecule has 20 heavy (non-hydrogen) atoms. The normalized spacial score (nSPS) is 18.4. The van der Waals surface area contributed by atoms with Crippen LogP contribution in [0.15, 0.2) is 0 Å². The molecular weight excluding hydrogens is 266 g/mol. The molecule has 1 N–H and O–H groups in total. The number of hydrogen-bond donors (Lipinski definition) is 1. The third-order valence-electron chi connectivity index (χ3n) is 3.82. The molecule has 0 bridgehead atoms. The lowest BCUT2D eigenvalue weighted by atomic mass is 9.98. The van der Waals surface area contributed by atoms with Gasteiger partial charge in [-0.05, 0) is 45.1 Å². The van der Waals surface area contributed by atoms with Gasteiger partial charge >= 0.3 is 0 Å². The molecule has 0 aromatic carbocycles. The number of hydrogen-bond acceptors (Lipinski definition) is 4. The second-order valence-electron chi connectivity index (χ2n) is 6.14. The van der Waals surface area contributed by atoms with Crippen LogP contribution >= 0.6 is 11.3 Å². The lowest BCUT2D eigenvalue weighted by molar-refractivity contribution is 0.464. The zero-order valence-corrected chi connectivity index (χ0v) is 14.2. The number of fused-ring (bicyclic) bond motifs is 1. The van der Waals surface area contributed by atoms with Crippen LogP contribution in [-0.2, 0) is 6.42 Å². The Hall–Kier alpha value is -0.610. The average molecular weight is 295 g/mol. The fourth-order valence-electron chi connectivity index (χ4n) is 2.84. The zero-order chi connectivity index (χ0) is 14.5. The van der Waals surface area contributed by atoms with E-state index in [0.717, 1.165) is 26.1 Å². The van der Waals surface area contributed by atoms with Gasteiger partial charge in [0.05, 0.1) is 5.69 Å². The molecule has 1 heterocycles. The van der Waals surface area contributed by atoms with E-state index in [1.165, 1.54) is 35.0 Å². The van der Waals surface area contributed by atoms with Crippen molar-refractivity contribution in [1.82, 2.24) is 10.3 Å². The summed E-state index contributed by atoms with van der Waals surface area (Å²) in [6, 6.07) is 0.544. The van der Waals surface area contributed by atoms with Gasteiger partial charge in [0.15, 0.2) is 5.13 Å². The van der Waals surface area contributed by atoms with Crippen molar-refractivity contribution in [2.24, 2.45) is 5.92 Å². The van der Waals surface area contributed by atoms with E-state index in [1.807, 2.05) is 11.3 Å². The van der Waals surface area contributed by atoms with Crippen molar-refractivity contribution in [2.45, 2.75) is 59.4 Å². The number of nitrogens with zero attached hydrogens (tertiary/aromatic N) is 2. The molecule has 4 heteroatoms. The first-order chi connectivity index (χ1) is 9.65. The maximum absolute atomic E-state index is 4.94. The van der Waals surface area contributed by atoms with Crippen molar-refractivity contribution in [2.75, 3.05) is 24.5 Å². The monoisotopic (exact) mass is 295 g/mol. The van der Waals surface area contributed by atoms with Gasteiger partial charge in [-0.3, -0.25) is 0 Å². The SMILES string of the molecule is CCCNC1CCCc2nc(N(CC)CC(C)C)sc21. The van der Waals surface area contributed by atoms with E-state index >= 15 is 0 Å². The second kappa shape index (κ2) is 7.41. The quantitative estimate of drug-likeness (QED) is 0.824. The predicted molar refractivity (Wildman–Crippen MR) is 88.8 cm³/mol. The van der Waals surface area contributed by atoms with Gasteiger partial charge in [0.2, 0.25) is 0 Å². The molecule has 0 aliphatic heterocycles. The molecule has 1 atom stereocenters. The summed E-state index contributed by atoms with van der Waals surface area (Å²) < 4.78 is 0. The topological polar surface area (TPSA) is 28.2 Å². The average Bonchev–Trinajstić information content (AvgIpc) is 2.86. The van der Waals surface area contributed by atoms with E-state index in [2.05, 4.69) is 37.9 Å². The van der Waals surface area contributed by atoms with Crippen molar-refractivity contribution in [3.63, 3.8) is 0 Å². The van der Waals surface area contributed by atoms with E-state index in [9.17, 15) is 0 Å². The molecule has 0 saturated heterocycles. The molecule has 1 aromatic heterocycles. The van der Waals surface area contributed by atoms with Crippen molar-refractivity contribution in [3.8, 4) is 0 Å². The highest BCUT2D eigenvalue weighted by Crippen LogP contribution is 2.37. The molecule has 0 saturated carbocycles. The largest absolute Gasteiger partial charge is 0.348 e. The Morgan fingerprint density at radius 2 is 2.20 bits per heavy atom. The van der Waals surface area contributed by atoms with Crippen LogP contribution in [0.2, 0.25) is 0 Å². The van der Waals surface area contributed by atoms with Crippen molar-refractivity contribution in [3.05, 3.63) is 10.6 Å². The van der Waals surface area contributed by atoms with E-state index in [-0.39, 0.29) is 0 Å². The van der Waals surface area contributed by atoms with E-state index in [1.54, 1.807) is 0 Å². The molecule has 1 aliphatic carbocycles. The van der Waals surface area contributed by atoms with Crippen LogP contribution in [0.1, 0.15) is 63.6 Å². The lowest BCUT2D eigenvalue weighted by Crippen LogP contribution is -2.27. The third-order valence-corrected chi connectivity index (χ3v) is 5.09. The van der Waals surface area contributed by atoms with Crippen LogP contribution in [0, 0.1) is 5.92 Å². The number of rotatable bonds is 7. The fraction of sp³-hybridized carbons (Fsp3) is 0.812. The highest BCUT2D eigenvalue weighted by molar-refractivity contribution is 7.15. The molecule has 3 nitrogen and oxygen atoms in total. The van der Waals surface area contributed by atoms with Crippen LogP contribution in [0.4, 0.5) is 5.13 Å². The summed E-state index contributed by atoms with van der Waals surface area (Å²) >= 11 is 1.92. The van der Waals surface area contributed by atoms with Crippen molar-refractivity contribution in [1.29, 1.82) is 0 Å². The molecule has 0 spiro atoms. The molecule has 2 rings (SSSR count). The summed E-state index contributed by atoms with van der Waals surface area (Å²) in [5.41, 5.74) is 1.35. The Morgan fingerprint density at radius 3 is 2.85 bits per heavy atom. The summed E-state index contributed by atoms with van der Waals surface area (Å²) in [6.45, 7) is 12.3. The number of thiazole rings is 1. The van der Waals surface area contributed by atoms with E-state index in [4.69, 9.17) is 4.98 Å². The molecule has 1 unspecified atom stereocenters. The van der Waals surface area contributed by atoms with E-state index in [0.29, 0.717) is 12.0 Å². The molecule has 114 valence electrons. The van der Waals surface area contributed by atoms with Gasteiger partial charge < -0.3 is 10.2 Å². The highest BCUT2D eigenvalue weighted by atomic mass is 32.1. The molecule has 0 amide bonds. The van der Waals surface area contributed by atoms with Crippen LogP contribution in [0.25, 0.3) is 0 Å². The zero-order valence-electron chi connectivity index (χ0n) is 13.4. The summed E-state index contributed by atoms with van der Waals surface area (Å²) in [4.78, 5) is 8.87. The Morgan fingerprint density at radius 1 is 1.40 bits per heavy atom. The number of aromatic nitrogens is 1. The van der Waals surface area contributed by atoms with Gasteiger partial charge in [-0.25, -0.2) is 4.98 Å². The van der Waals surface area contributed by atoms with E-state index < -0.39 is 0 Å². The van der Waals surface area contributed by atoms with Gasteiger partial charge in [0.1, 0.15) is 0 Å². The minimum Gasteiger partial charge on any atom is -0.348 e. The molecule has 0 radical (unpaired) electrons. The first-order valence-corrected chi connectivity index (χ1v) is 8.95. The summed E-state index contributed by atoms with van der Waals surface area (Å²) in [5, 5.41) is 4.92. The Bertz CT molecular complexity index is 414. The minimum absolute atomic E-state index is 0.544. The van der Waals surface area contributed by atoms with Gasteiger partial charge in [-0.2, -0.15) is 0 Å². The van der Waals surface area contributed by atoms with Crippen molar-refractivity contribution >= 4 is 16.5 Å². The molecule has 0 fully saturated rings. The van der Waals surface area contributed by atoms with Crippen molar-refractivity contribution < 1.29 is 0 Å². The van der Waals surface area contributed by atoms with Gasteiger partial charge in [-0.15, -0.1) is 0 Å². The fourth-order valence-corrected chi connectivity index (χ4v) is 4.13. The maximum Gasteiger partial charge on any atom is 0.185 e. The molecule has 1 aromatic rings.